The van der Waals surface area contributed by atoms with Gasteiger partial charge in [0.1, 0.15) is 0 Å². The first kappa shape index (κ1) is 15.1. The summed E-state index contributed by atoms with van der Waals surface area (Å²) in [7, 11) is -2.93. The second kappa shape index (κ2) is 5.97. The first-order chi connectivity index (χ1) is 9.41. The van der Waals surface area contributed by atoms with Crippen LogP contribution in [0.15, 0.2) is 30.5 Å². The Morgan fingerprint density at radius 2 is 2.05 bits per heavy atom. The zero-order chi connectivity index (χ0) is 14.8. The van der Waals surface area contributed by atoms with Crippen molar-refractivity contribution in [1.29, 1.82) is 0 Å². The molecule has 0 radical (unpaired) electrons. The number of nitrogens with two attached hydrogens (primary N) is 1. The summed E-state index contributed by atoms with van der Waals surface area (Å²) in [6.45, 7) is 4.18. The van der Waals surface area contributed by atoms with E-state index in [1.165, 1.54) is 5.56 Å². The minimum Gasteiger partial charge on any atom is -0.346 e. The van der Waals surface area contributed by atoms with Crippen molar-refractivity contribution in [3.05, 3.63) is 36.0 Å². The van der Waals surface area contributed by atoms with Gasteiger partial charge in [-0.25, -0.2) is 8.42 Å². The van der Waals surface area contributed by atoms with Crippen LogP contribution >= 0.6 is 0 Å². The smallest absolute Gasteiger partial charge is 0.151 e. The number of aryl methyl sites for hydroxylation is 1. The topological polar surface area (TPSA) is 65.1 Å². The van der Waals surface area contributed by atoms with Crippen LogP contribution in [0.25, 0.3) is 10.9 Å². The predicted octanol–water partition coefficient (Wildman–Crippen LogP) is 1.97. The normalized spacial score (nSPS) is 13.8. The quantitative estimate of drug-likeness (QED) is 0.886. The van der Waals surface area contributed by atoms with Gasteiger partial charge in [-0.3, -0.25) is 0 Å². The molecule has 20 heavy (non-hydrogen) atoms. The Kier molecular flexibility index (Phi) is 4.50. The lowest BCUT2D eigenvalue weighted by molar-refractivity contribution is 0.591. The number of hydrogen-bond acceptors (Lipinski definition) is 3. The van der Waals surface area contributed by atoms with Crippen LogP contribution in [0, 0.1) is 0 Å². The van der Waals surface area contributed by atoms with E-state index >= 15 is 0 Å². The number of sulfone groups is 1. The average molecular weight is 294 g/mol. The highest BCUT2D eigenvalue weighted by Gasteiger charge is 2.09. The van der Waals surface area contributed by atoms with E-state index < -0.39 is 9.84 Å². The predicted molar refractivity (Wildman–Crippen MR) is 83.6 cm³/mol. The SMILES string of the molecule is CCS(=O)(=O)CCn1ccc2cc(CC(C)N)ccc21. The summed E-state index contributed by atoms with van der Waals surface area (Å²) < 4.78 is 25.2. The molecule has 0 amide bonds. The van der Waals surface area contributed by atoms with Crippen LogP contribution in [0.5, 0.6) is 0 Å². The Bertz CT molecular complexity index is 687. The summed E-state index contributed by atoms with van der Waals surface area (Å²) in [5, 5.41) is 1.14. The Balaban J connectivity index is 2.20. The number of benzene rings is 1. The van der Waals surface area contributed by atoms with Crippen LogP contribution in [0.4, 0.5) is 0 Å². The molecule has 1 atom stereocenters. The van der Waals surface area contributed by atoms with Gasteiger partial charge in [0.2, 0.25) is 0 Å². The van der Waals surface area contributed by atoms with Gasteiger partial charge >= 0.3 is 0 Å². The van der Waals surface area contributed by atoms with E-state index in [0.29, 0.717) is 6.54 Å². The standard InChI is InChI=1S/C15H22N2O2S/c1-3-20(18,19)9-8-17-7-6-14-11-13(10-12(2)16)4-5-15(14)17/h4-7,11-12H,3,8-10,16H2,1-2H3. The van der Waals surface area contributed by atoms with Crippen molar-refractivity contribution in [3.8, 4) is 0 Å². The molecule has 1 aromatic heterocycles. The lowest BCUT2D eigenvalue weighted by Gasteiger charge is -2.08. The van der Waals surface area contributed by atoms with Crippen molar-refractivity contribution in [2.45, 2.75) is 32.9 Å². The molecule has 0 aliphatic heterocycles. The summed E-state index contributed by atoms with van der Waals surface area (Å²) >= 11 is 0. The Morgan fingerprint density at radius 1 is 1.30 bits per heavy atom. The molecular weight excluding hydrogens is 272 g/mol. The maximum absolute atomic E-state index is 11.6. The molecule has 1 unspecified atom stereocenters. The fraction of sp³-hybridized carbons (Fsp3) is 0.467. The molecule has 0 fully saturated rings. The van der Waals surface area contributed by atoms with Crippen LogP contribution in [0.2, 0.25) is 0 Å². The van der Waals surface area contributed by atoms with E-state index in [1.807, 2.05) is 29.8 Å². The highest BCUT2D eigenvalue weighted by atomic mass is 32.2. The molecule has 110 valence electrons. The second-order valence-corrected chi connectivity index (χ2v) is 7.79. The molecule has 2 aromatic rings. The summed E-state index contributed by atoms with van der Waals surface area (Å²) in [5.74, 6) is 0.388. The monoisotopic (exact) mass is 294 g/mol. The van der Waals surface area contributed by atoms with Crippen molar-refractivity contribution in [1.82, 2.24) is 4.57 Å². The molecule has 0 aliphatic rings. The van der Waals surface area contributed by atoms with Crippen LogP contribution in [0.1, 0.15) is 19.4 Å². The molecule has 0 bridgehead atoms. The lowest BCUT2D eigenvalue weighted by Crippen LogP contribution is -2.17. The van der Waals surface area contributed by atoms with Gasteiger partial charge in [0.25, 0.3) is 0 Å². The third-order valence-electron chi connectivity index (χ3n) is 3.48. The van der Waals surface area contributed by atoms with Crippen molar-refractivity contribution < 1.29 is 8.42 Å². The zero-order valence-electron chi connectivity index (χ0n) is 12.0. The number of fused-ring (bicyclic) bond motifs is 1. The maximum Gasteiger partial charge on any atom is 0.151 e. The molecule has 2 rings (SSSR count). The molecular formula is C15H22N2O2S. The third-order valence-corrected chi connectivity index (χ3v) is 5.16. The molecule has 1 aromatic carbocycles. The molecule has 2 N–H and O–H groups in total. The largest absolute Gasteiger partial charge is 0.346 e. The molecule has 0 saturated carbocycles. The van der Waals surface area contributed by atoms with E-state index in [0.717, 1.165) is 17.3 Å². The van der Waals surface area contributed by atoms with E-state index in [-0.39, 0.29) is 17.5 Å². The van der Waals surface area contributed by atoms with Gasteiger partial charge in [0.15, 0.2) is 9.84 Å². The van der Waals surface area contributed by atoms with Crippen LogP contribution in [-0.2, 0) is 22.8 Å². The van der Waals surface area contributed by atoms with Gasteiger partial charge in [0.05, 0.1) is 5.75 Å². The second-order valence-electron chi connectivity index (χ2n) is 5.32. The third kappa shape index (κ3) is 3.61. The van der Waals surface area contributed by atoms with E-state index in [2.05, 4.69) is 12.1 Å². The summed E-state index contributed by atoms with van der Waals surface area (Å²) in [6, 6.07) is 8.41. The molecule has 0 spiro atoms. The zero-order valence-corrected chi connectivity index (χ0v) is 12.9. The lowest BCUT2D eigenvalue weighted by atomic mass is 10.1. The van der Waals surface area contributed by atoms with Crippen LogP contribution in [0.3, 0.4) is 0 Å². The maximum atomic E-state index is 11.6. The van der Waals surface area contributed by atoms with Gasteiger partial charge in [0, 0.05) is 30.1 Å². The molecule has 0 aliphatic carbocycles. The van der Waals surface area contributed by atoms with E-state index in [4.69, 9.17) is 5.73 Å². The molecule has 0 saturated heterocycles. The van der Waals surface area contributed by atoms with Gasteiger partial charge in [-0.05, 0) is 42.5 Å². The van der Waals surface area contributed by atoms with Crippen molar-refractivity contribution in [2.24, 2.45) is 5.73 Å². The molecule has 5 heteroatoms. The van der Waals surface area contributed by atoms with Crippen LogP contribution in [-0.4, -0.2) is 30.5 Å². The Morgan fingerprint density at radius 3 is 2.70 bits per heavy atom. The molecule has 4 nitrogen and oxygen atoms in total. The highest BCUT2D eigenvalue weighted by molar-refractivity contribution is 7.91. The minimum atomic E-state index is -2.93. The minimum absolute atomic E-state index is 0.143. The van der Waals surface area contributed by atoms with Crippen molar-refractivity contribution in [3.63, 3.8) is 0 Å². The first-order valence-electron chi connectivity index (χ1n) is 6.95. The highest BCUT2D eigenvalue weighted by Crippen LogP contribution is 2.18. The summed E-state index contributed by atoms with van der Waals surface area (Å²) in [5.41, 5.74) is 8.10. The summed E-state index contributed by atoms with van der Waals surface area (Å²) in [4.78, 5) is 0. The number of nitrogens with zero attached hydrogens (tertiary/aromatic N) is 1. The van der Waals surface area contributed by atoms with Gasteiger partial charge in [-0.1, -0.05) is 13.0 Å². The Hall–Kier alpha value is -1.33. The van der Waals surface area contributed by atoms with E-state index in [1.54, 1.807) is 6.92 Å². The van der Waals surface area contributed by atoms with Gasteiger partial charge < -0.3 is 10.3 Å². The summed E-state index contributed by atoms with van der Waals surface area (Å²) in [6.07, 6.45) is 2.80. The number of hydrogen-bond donors (Lipinski definition) is 1. The molecule has 1 heterocycles. The van der Waals surface area contributed by atoms with E-state index in [9.17, 15) is 8.42 Å². The average Bonchev–Trinajstić information content (AvgIpc) is 2.78. The first-order valence-corrected chi connectivity index (χ1v) is 8.77. The fourth-order valence-corrected chi connectivity index (χ4v) is 3.09. The number of aromatic nitrogens is 1. The van der Waals surface area contributed by atoms with Crippen LogP contribution < -0.4 is 5.73 Å². The van der Waals surface area contributed by atoms with Crippen molar-refractivity contribution in [2.75, 3.05) is 11.5 Å². The van der Waals surface area contributed by atoms with Gasteiger partial charge in [-0.15, -0.1) is 0 Å². The van der Waals surface area contributed by atoms with Gasteiger partial charge in [-0.2, -0.15) is 0 Å². The van der Waals surface area contributed by atoms with Crippen molar-refractivity contribution >= 4 is 20.7 Å². The number of rotatable bonds is 6. The fourth-order valence-electron chi connectivity index (χ4n) is 2.33. The Labute approximate surface area is 120 Å².